The summed E-state index contributed by atoms with van der Waals surface area (Å²) >= 11 is 0. The Morgan fingerprint density at radius 3 is 2.50 bits per heavy atom. The Bertz CT molecular complexity index is 192. The quantitative estimate of drug-likeness (QED) is 0.558. The maximum Gasteiger partial charge on any atom is 0.407 e. The zero-order valence-corrected chi connectivity index (χ0v) is 9.59. The Balaban J connectivity index is 3.50. The van der Waals surface area contributed by atoms with Crippen LogP contribution in [0.5, 0.6) is 0 Å². The van der Waals surface area contributed by atoms with Crippen molar-refractivity contribution in [3.05, 3.63) is 12.2 Å². The summed E-state index contributed by atoms with van der Waals surface area (Å²) in [7, 11) is 0. The number of carbonyl (C=O) groups is 1. The van der Waals surface area contributed by atoms with E-state index in [2.05, 4.69) is 24.4 Å². The summed E-state index contributed by atoms with van der Waals surface area (Å²) in [5, 5.41) is 2.69. The van der Waals surface area contributed by atoms with Crippen molar-refractivity contribution in [3.8, 4) is 0 Å². The first kappa shape index (κ1) is 13.0. The molecule has 0 aromatic rings. The molecule has 0 fully saturated rings. The average Bonchev–Trinajstić information content (AvgIpc) is 2.00. The lowest BCUT2D eigenvalue weighted by Gasteiger charge is -2.19. The molecule has 0 aromatic heterocycles. The molecular formula is C11H21NO2. The number of hydrogen-bond donors (Lipinski definition) is 1. The Kier molecular flexibility index (Phi) is 6.00. The van der Waals surface area contributed by atoms with E-state index >= 15 is 0 Å². The summed E-state index contributed by atoms with van der Waals surface area (Å²) in [5.74, 6) is 0. The second-order valence-corrected chi connectivity index (χ2v) is 4.10. The van der Waals surface area contributed by atoms with Crippen molar-refractivity contribution in [3.63, 3.8) is 0 Å². The molecule has 3 heteroatoms. The van der Waals surface area contributed by atoms with Crippen LogP contribution in [-0.4, -0.2) is 18.2 Å². The highest BCUT2D eigenvalue weighted by atomic mass is 16.6. The molecule has 3 nitrogen and oxygen atoms in total. The molecule has 0 spiro atoms. The highest BCUT2D eigenvalue weighted by Gasteiger charge is 2.14. The van der Waals surface area contributed by atoms with Crippen molar-refractivity contribution >= 4 is 6.09 Å². The first-order chi connectivity index (χ1) is 6.45. The number of rotatable bonds is 4. The van der Waals surface area contributed by atoms with E-state index in [0.717, 1.165) is 12.8 Å². The fourth-order valence-electron chi connectivity index (χ4n) is 0.856. The molecule has 1 amide bonds. The molecule has 82 valence electrons. The zero-order valence-electron chi connectivity index (χ0n) is 9.59. The maximum absolute atomic E-state index is 11.1. The molecule has 0 bridgehead atoms. The van der Waals surface area contributed by atoms with Crippen LogP contribution in [0.4, 0.5) is 4.79 Å². The third kappa shape index (κ3) is 9.10. The van der Waals surface area contributed by atoms with E-state index < -0.39 is 5.60 Å². The molecule has 0 rings (SSSR count). The summed E-state index contributed by atoms with van der Waals surface area (Å²) in [6, 6.07) is 0. The summed E-state index contributed by atoms with van der Waals surface area (Å²) in [4.78, 5) is 11.1. The second kappa shape index (κ2) is 6.46. The minimum atomic E-state index is -0.413. The van der Waals surface area contributed by atoms with Crippen LogP contribution in [0.15, 0.2) is 12.2 Å². The molecule has 14 heavy (non-hydrogen) atoms. The first-order valence-corrected chi connectivity index (χ1v) is 5.07. The first-order valence-electron chi connectivity index (χ1n) is 5.07. The fraction of sp³-hybridized carbons (Fsp3) is 0.727. The van der Waals surface area contributed by atoms with Gasteiger partial charge in [0.05, 0.1) is 0 Å². The number of hydrogen-bond acceptors (Lipinski definition) is 2. The van der Waals surface area contributed by atoms with Crippen molar-refractivity contribution in [2.75, 3.05) is 6.54 Å². The van der Waals surface area contributed by atoms with Gasteiger partial charge in [0.25, 0.3) is 0 Å². The van der Waals surface area contributed by atoms with Crippen molar-refractivity contribution in [2.45, 2.75) is 46.1 Å². The van der Waals surface area contributed by atoms with Gasteiger partial charge in [-0.2, -0.15) is 0 Å². The van der Waals surface area contributed by atoms with Gasteiger partial charge in [0.2, 0.25) is 0 Å². The Hall–Kier alpha value is -0.990. The van der Waals surface area contributed by atoms with Crippen molar-refractivity contribution < 1.29 is 9.53 Å². The molecule has 0 saturated carbocycles. The number of alkyl carbamates (subject to hydrolysis) is 1. The van der Waals surface area contributed by atoms with Crippen molar-refractivity contribution in [2.24, 2.45) is 0 Å². The van der Waals surface area contributed by atoms with Gasteiger partial charge >= 0.3 is 6.09 Å². The van der Waals surface area contributed by atoms with Gasteiger partial charge in [-0.15, -0.1) is 0 Å². The molecule has 0 aromatic carbocycles. The monoisotopic (exact) mass is 199 g/mol. The third-order valence-corrected chi connectivity index (χ3v) is 1.38. The Morgan fingerprint density at radius 1 is 1.36 bits per heavy atom. The number of carbonyl (C=O) groups excluding carboxylic acids is 1. The van der Waals surface area contributed by atoms with Gasteiger partial charge in [-0.05, 0) is 33.6 Å². The standard InChI is InChI=1S/C11H21NO2/c1-5-6-7-8-9-12-10(13)14-11(2,3)4/h6-7H,5,8-9H2,1-4H3,(H,12,13). The third-order valence-electron chi connectivity index (χ3n) is 1.38. The van der Waals surface area contributed by atoms with Gasteiger partial charge < -0.3 is 10.1 Å². The van der Waals surface area contributed by atoms with Crippen LogP contribution in [0.1, 0.15) is 40.5 Å². The minimum Gasteiger partial charge on any atom is -0.444 e. The fourth-order valence-corrected chi connectivity index (χ4v) is 0.856. The molecule has 0 aliphatic heterocycles. The maximum atomic E-state index is 11.1. The van der Waals surface area contributed by atoms with Crippen LogP contribution >= 0.6 is 0 Å². The molecule has 0 saturated heterocycles. The minimum absolute atomic E-state index is 0.345. The zero-order chi connectivity index (χ0) is 11.0. The van der Waals surface area contributed by atoms with E-state index in [1.807, 2.05) is 20.8 Å². The summed E-state index contributed by atoms with van der Waals surface area (Å²) in [6.45, 7) is 8.26. The van der Waals surface area contributed by atoms with Gasteiger partial charge in [-0.1, -0.05) is 19.1 Å². The van der Waals surface area contributed by atoms with E-state index in [4.69, 9.17) is 4.74 Å². The van der Waals surface area contributed by atoms with Crippen LogP contribution in [0, 0.1) is 0 Å². The summed E-state index contributed by atoms with van der Waals surface area (Å²) in [5.41, 5.74) is -0.413. The Labute approximate surface area is 86.5 Å². The number of nitrogens with one attached hydrogen (secondary N) is 1. The molecule has 1 N–H and O–H groups in total. The molecular weight excluding hydrogens is 178 g/mol. The highest BCUT2D eigenvalue weighted by Crippen LogP contribution is 2.06. The predicted octanol–water partition coefficient (Wildman–Crippen LogP) is 2.87. The number of amides is 1. The lowest BCUT2D eigenvalue weighted by atomic mass is 10.2. The van der Waals surface area contributed by atoms with E-state index in [0.29, 0.717) is 6.54 Å². The van der Waals surface area contributed by atoms with Crippen molar-refractivity contribution in [1.82, 2.24) is 5.32 Å². The number of allylic oxidation sites excluding steroid dienone is 1. The molecule has 0 aliphatic rings. The van der Waals surface area contributed by atoms with Crippen LogP contribution in [-0.2, 0) is 4.74 Å². The van der Waals surface area contributed by atoms with Gasteiger partial charge in [-0.3, -0.25) is 0 Å². The van der Waals surface area contributed by atoms with Crippen LogP contribution in [0.3, 0.4) is 0 Å². The molecule has 0 atom stereocenters. The van der Waals surface area contributed by atoms with E-state index in [-0.39, 0.29) is 6.09 Å². The van der Waals surface area contributed by atoms with Gasteiger partial charge in [-0.25, -0.2) is 4.79 Å². The summed E-state index contributed by atoms with van der Waals surface area (Å²) < 4.78 is 5.07. The molecule has 0 aliphatic carbocycles. The van der Waals surface area contributed by atoms with Gasteiger partial charge in [0.1, 0.15) is 5.60 Å². The molecule has 0 heterocycles. The topological polar surface area (TPSA) is 38.3 Å². The van der Waals surface area contributed by atoms with Crippen molar-refractivity contribution in [1.29, 1.82) is 0 Å². The normalized spacial score (nSPS) is 11.7. The summed E-state index contributed by atoms with van der Waals surface area (Å²) in [6.07, 6.45) is 5.68. The lowest BCUT2D eigenvalue weighted by molar-refractivity contribution is 0.0529. The average molecular weight is 199 g/mol. The van der Waals surface area contributed by atoms with E-state index in [9.17, 15) is 4.79 Å². The second-order valence-electron chi connectivity index (χ2n) is 4.10. The SMILES string of the molecule is CCC=CCCNC(=O)OC(C)(C)C. The van der Waals surface area contributed by atoms with E-state index in [1.165, 1.54) is 0 Å². The largest absolute Gasteiger partial charge is 0.444 e. The molecule has 0 radical (unpaired) electrons. The lowest BCUT2D eigenvalue weighted by Crippen LogP contribution is -2.32. The van der Waals surface area contributed by atoms with Crippen LogP contribution in [0.25, 0.3) is 0 Å². The van der Waals surface area contributed by atoms with Gasteiger partial charge in [0, 0.05) is 6.54 Å². The van der Waals surface area contributed by atoms with E-state index in [1.54, 1.807) is 0 Å². The Morgan fingerprint density at radius 2 is 2.00 bits per heavy atom. The van der Waals surface area contributed by atoms with Gasteiger partial charge in [0.15, 0.2) is 0 Å². The predicted molar refractivity (Wildman–Crippen MR) is 58.3 cm³/mol. The number of ether oxygens (including phenoxy) is 1. The smallest absolute Gasteiger partial charge is 0.407 e. The highest BCUT2D eigenvalue weighted by molar-refractivity contribution is 5.67. The molecule has 0 unspecified atom stereocenters. The van der Waals surface area contributed by atoms with Crippen LogP contribution < -0.4 is 5.32 Å². The van der Waals surface area contributed by atoms with Crippen LogP contribution in [0.2, 0.25) is 0 Å².